The number of carbonyl (C=O) groups excluding carboxylic acids is 1. The molecule has 0 saturated heterocycles. The molecule has 0 aliphatic carbocycles. The average molecular weight is 270 g/mol. The summed E-state index contributed by atoms with van der Waals surface area (Å²) in [4.78, 5) is 21.8. The highest BCUT2D eigenvalue weighted by Gasteiger charge is 2.15. The van der Waals surface area contributed by atoms with Gasteiger partial charge in [-0.3, -0.25) is 20.8 Å². The Labute approximate surface area is 108 Å². The summed E-state index contributed by atoms with van der Waals surface area (Å²) in [6.45, 7) is 0.544. The Morgan fingerprint density at radius 1 is 1.56 bits per heavy atom. The van der Waals surface area contributed by atoms with Crippen molar-refractivity contribution in [2.45, 2.75) is 0 Å². The topological polar surface area (TPSA) is 110 Å². The highest BCUT2D eigenvalue weighted by Crippen LogP contribution is 2.24. The number of benzene rings is 1. The first-order valence-electron chi connectivity index (χ1n) is 5.12. The number of nitro benzene ring substituents is 1. The predicted molar refractivity (Wildman–Crippen MR) is 71.6 cm³/mol. The van der Waals surface area contributed by atoms with Crippen LogP contribution >= 0.6 is 11.8 Å². The standard InChI is InChI=1S/C10H14N4O3S/c1-18-5-4-12-10(15)7-2-3-9(14(16)17)8(6-7)13-11/h2-3,6,13H,4-5,11H2,1H3,(H,12,15). The van der Waals surface area contributed by atoms with E-state index in [2.05, 4.69) is 10.7 Å². The number of nitro groups is 1. The van der Waals surface area contributed by atoms with Crippen molar-refractivity contribution in [3.8, 4) is 0 Å². The van der Waals surface area contributed by atoms with Crippen molar-refractivity contribution in [2.24, 2.45) is 5.84 Å². The number of carbonyl (C=O) groups is 1. The summed E-state index contributed by atoms with van der Waals surface area (Å²) in [6.07, 6.45) is 1.94. The number of nitrogens with zero attached hydrogens (tertiary/aromatic N) is 1. The van der Waals surface area contributed by atoms with E-state index >= 15 is 0 Å². The first-order valence-corrected chi connectivity index (χ1v) is 6.51. The average Bonchev–Trinajstić information content (AvgIpc) is 2.37. The molecule has 18 heavy (non-hydrogen) atoms. The molecule has 0 aliphatic rings. The van der Waals surface area contributed by atoms with Gasteiger partial charge in [0.2, 0.25) is 0 Å². The monoisotopic (exact) mass is 270 g/mol. The molecule has 0 atom stereocenters. The summed E-state index contributed by atoms with van der Waals surface area (Å²) < 4.78 is 0. The van der Waals surface area contributed by atoms with Crippen molar-refractivity contribution in [1.82, 2.24) is 5.32 Å². The number of thioether (sulfide) groups is 1. The molecule has 0 unspecified atom stereocenters. The molecule has 0 radical (unpaired) electrons. The molecule has 0 heterocycles. The van der Waals surface area contributed by atoms with E-state index in [1.807, 2.05) is 6.26 Å². The van der Waals surface area contributed by atoms with Gasteiger partial charge < -0.3 is 10.7 Å². The maximum atomic E-state index is 11.7. The molecule has 0 fully saturated rings. The fourth-order valence-corrected chi connectivity index (χ4v) is 1.63. The highest BCUT2D eigenvalue weighted by molar-refractivity contribution is 7.98. The van der Waals surface area contributed by atoms with E-state index in [9.17, 15) is 14.9 Å². The number of amides is 1. The molecule has 0 aliphatic heterocycles. The quantitative estimate of drug-likeness (QED) is 0.307. The van der Waals surface area contributed by atoms with Gasteiger partial charge in [0.05, 0.1) is 4.92 Å². The van der Waals surface area contributed by atoms with Gasteiger partial charge >= 0.3 is 0 Å². The SMILES string of the molecule is CSCCNC(=O)c1ccc([N+](=O)[O-])c(NN)c1. The largest absolute Gasteiger partial charge is 0.351 e. The second-order valence-electron chi connectivity index (χ2n) is 3.38. The maximum absolute atomic E-state index is 11.7. The van der Waals surface area contributed by atoms with Gasteiger partial charge in [0, 0.05) is 23.9 Å². The van der Waals surface area contributed by atoms with E-state index in [1.165, 1.54) is 18.2 Å². The zero-order valence-electron chi connectivity index (χ0n) is 9.80. The minimum Gasteiger partial charge on any atom is -0.351 e. The first kappa shape index (κ1) is 14.3. The second kappa shape index (κ2) is 6.82. The van der Waals surface area contributed by atoms with Gasteiger partial charge in [-0.2, -0.15) is 11.8 Å². The number of hydrazine groups is 1. The van der Waals surface area contributed by atoms with Gasteiger partial charge in [-0.15, -0.1) is 0 Å². The third kappa shape index (κ3) is 3.60. The molecule has 1 aromatic carbocycles. The Kier molecular flexibility index (Phi) is 5.40. The molecule has 1 rings (SSSR count). The predicted octanol–water partition coefficient (Wildman–Crippen LogP) is 0.973. The van der Waals surface area contributed by atoms with Crippen molar-refractivity contribution < 1.29 is 9.72 Å². The normalized spacial score (nSPS) is 9.89. The number of anilines is 1. The van der Waals surface area contributed by atoms with Crippen LogP contribution in [0.5, 0.6) is 0 Å². The Hall–Kier alpha value is -1.80. The lowest BCUT2D eigenvalue weighted by molar-refractivity contribution is -0.384. The summed E-state index contributed by atoms with van der Waals surface area (Å²) in [7, 11) is 0. The summed E-state index contributed by atoms with van der Waals surface area (Å²) in [5.41, 5.74) is 2.48. The molecule has 1 amide bonds. The molecule has 4 N–H and O–H groups in total. The van der Waals surface area contributed by atoms with Crippen LogP contribution in [-0.2, 0) is 0 Å². The number of rotatable bonds is 6. The molecule has 8 heteroatoms. The molecule has 0 saturated carbocycles. The fourth-order valence-electron chi connectivity index (χ4n) is 1.32. The van der Waals surface area contributed by atoms with Gasteiger partial charge in [0.1, 0.15) is 5.69 Å². The number of hydrogen-bond acceptors (Lipinski definition) is 6. The Bertz CT molecular complexity index is 453. The van der Waals surface area contributed by atoms with Crippen molar-refractivity contribution in [1.29, 1.82) is 0 Å². The van der Waals surface area contributed by atoms with Crippen molar-refractivity contribution >= 4 is 29.0 Å². The maximum Gasteiger partial charge on any atom is 0.293 e. The molecule has 0 spiro atoms. The third-order valence-electron chi connectivity index (χ3n) is 2.20. The van der Waals surface area contributed by atoms with Gasteiger partial charge in [0.25, 0.3) is 11.6 Å². The first-order chi connectivity index (χ1) is 8.60. The Balaban J connectivity index is 2.85. The van der Waals surface area contributed by atoms with Gasteiger partial charge in [-0.05, 0) is 18.4 Å². The Morgan fingerprint density at radius 2 is 2.28 bits per heavy atom. The van der Waals surface area contributed by atoms with Crippen molar-refractivity contribution in [3.05, 3.63) is 33.9 Å². The van der Waals surface area contributed by atoms with E-state index in [4.69, 9.17) is 5.84 Å². The summed E-state index contributed by atoms with van der Waals surface area (Å²) in [6, 6.07) is 4.00. The molecule has 7 nitrogen and oxygen atoms in total. The van der Waals surface area contributed by atoms with Crippen molar-refractivity contribution in [2.75, 3.05) is 24.0 Å². The van der Waals surface area contributed by atoms with Crippen LogP contribution in [0.15, 0.2) is 18.2 Å². The van der Waals surface area contributed by atoms with E-state index in [0.717, 1.165) is 5.75 Å². The zero-order chi connectivity index (χ0) is 13.5. The third-order valence-corrected chi connectivity index (χ3v) is 2.82. The second-order valence-corrected chi connectivity index (χ2v) is 4.37. The molecule has 98 valence electrons. The van der Waals surface area contributed by atoms with Gasteiger partial charge in [-0.25, -0.2) is 0 Å². The minimum atomic E-state index is -0.565. The number of nitrogens with two attached hydrogens (primary N) is 1. The van der Waals surface area contributed by atoms with Crippen LogP contribution in [0, 0.1) is 10.1 Å². The van der Waals surface area contributed by atoms with E-state index in [0.29, 0.717) is 12.1 Å². The van der Waals surface area contributed by atoms with E-state index in [1.54, 1.807) is 11.8 Å². The lowest BCUT2D eigenvalue weighted by Crippen LogP contribution is -2.25. The van der Waals surface area contributed by atoms with Crippen LogP contribution in [0.4, 0.5) is 11.4 Å². The minimum absolute atomic E-state index is 0.109. The van der Waals surface area contributed by atoms with Gasteiger partial charge in [0.15, 0.2) is 0 Å². The van der Waals surface area contributed by atoms with Gasteiger partial charge in [-0.1, -0.05) is 0 Å². The highest BCUT2D eigenvalue weighted by atomic mass is 32.2. The Morgan fingerprint density at radius 3 is 2.83 bits per heavy atom. The van der Waals surface area contributed by atoms with Crippen LogP contribution in [-0.4, -0.2) is 29.4 Å². The molecule has 1 aromatic rings. The number of hydrogen-bond donors (Lipinski definition) is 3. The molecule has 0 bridgehead atoms. The van der Waals surface area contributed by atoms with Crippen LogP contribution in [0.3, 0.4) is 0 Å². The van der Waals surface area contributed by atoms with Crippen LogP contribution in [0.2, 0.25) is 0 Å². The van der Waals surface area contributed by atoms with Crippen LogP contribution in [0.1, 0.15) is 10.4 Å². The lowest BCUT2D eigenvalue weighted by Gasteiger charge is -2.06. The van der Waals surface area contributed by atoms with Crippen LogP contribution in [0.25, 0.3) is 0 Å². The van der Waals surface area contributed by atoms with Crippen LogP contribution < -0.4 is 16.6 Å². The summed E-state index contributed by atoms with van der Waals surface area (Å²) >= 11 is 1.62. The number of nitrogens with one attached hydrogen (secondary N) is 2. The summed E-state index contributed by atoms with van der Waals surface area (Å²) in [5.74, 6) is 5.71. The van der Waals surface area contributed by atoms with Crippen molar-refractivity contribution in [3.63, 3.8) is 0 Å². The number of nitrogen functional groups attached to an aromatic ring is 1. The lowest BCUT2D eigenvalue weighted by atomic mass is 10.1. The summed E-state index contributed by atoms with van der Waals surface area (Å²) in [5, 5.41) is 13.4. The van der Waals surface area contributed by atoms with E-state index in [-0.39, 0.29) is 17.3 Å². The fraction of sp³-hybridized carbons (Fsp3) is 0.300. The molecular formula is C10H14N4O3S. The smallest absolute Gasteiger partial charge is 0.293 e. The zero-order valence-corrected chi connectivity index (χ0v) is 10.6. The molecular weight excluding hydrogens is 256 g/mol. The van der Waals surface area contributed by atoms with E-state index < -0.39 is 4.92 Å². The molecule has 0 aromatic heterocycles.